The normalized spacial score (nSPS) is 19.4. The van der Waals surface area contributed by atoms with Crippen molar-refractivity contribution in [3.8, 4) is 5.75 Å². The highest BCUT2D eigenvalue weighted by atomic mass is 16.5. The number of aromatic amines is 1. The Kier molecular flexibility index (Phi) is 5.97. The van der Waals surface area contributed by atoms with Gasteiger partial charge >= 0.3 is 0 Å². The topological polar surface area (TPSA) is 96.1 Å². The number of nitrogens with one attached hydrogen (secondary N) is 3. The van der Waals surface area contributed by atoms with Crippen molar-refractivity contribution >= 4 is 22.7 Å². The van der Waals surface area contributed by atoms with Crippen LogP contribution in [0.4, 0.5) is 0 Å². The number of amides is 2. The maximum atomic E-state index is 12.6. The Morgan fingerprint density at radius 3 is 2.87 bits per heavy atom. The summed E-state index contributed by atoms with van der Waals surface area (Å²) in [6.07, 6.45) is 5.79. The Morgan fingerprint density at radius 2 is 2.07 bits per heavy atom. The number of pyridine rings is 1. The Hall–Kier alpha value is -3.35. The van der Waals surface area contributed by atoms with E-state index in [0.717, 1.165) is 35.2 Å². The first-order valence-electron chi connectivity index (χ1n) is 10.3. The first-order chi connectivity index (χ1) is 14.6. The van der Waals surface area contributed by atoms with Gasteiger partial charge in [0.15, 0.2) is 0 Å². The summed E-state index contributed by atoms with van der Waals surface area (Å²) in [7, 11) is 0. The average molecular weight is 406 g/mol. The molecule has 1 aliphatic carbocycles. The summed E-state index contributed by atoms with van der Waals surface area (Å²) >= 11 is 0. The van der Waals surface area contributed by atoms with Crippen LogP contribution in [0.3, 0.4) is 0 Å². The molecule has 0 radical (unpaired) electrons. The predicted octanol–water partition coefficient (Wildman–Crippen LogP) is 2.93. The van der Waals surface area contributed by atoms with Crippen LogP contribution in [-0.4, -0.2) is 33.9 Å². The zero-order valence-electron chi connectivity index (χ0n) is 16.9. The van der Waals surface area contributed by atoms with Gasteiger partial charge in [-0.25, -0.2) is 0 Å². The van der Waals surface area contributed by atoms with Crippen LogP contribution in [-0.2, 0) is 16.1 Å². The van der Waals surface area contributed by atoms with Crippen molar-refractivity contribution in [2.75, 3.05) is 0 Å². The second kappa shape index (κ2) is 8.98. The third kappa shape index (κ3) is 4.79. The van der Waals surface area contributed by atoms with Crippen molar-refractivity contribution in [1.29, 1.82) is 0 Å². The first-order valence-corrected chi connectivity index (χ1v) is 10.3. The molecule has 2 heterocycles. The molecule has 0 bridgehead atoms. The van der Waals surface area contributed by atoms with Gasteiger partial charge in [-0.1, -0.05) is 18.2 Å². The molecular formula is C23H26N4O3. The number of nitrogens with zero attached hydrogens (tertiary/aromatic N) is 1. The standard InChI is InChI=1S/C23H26N4O3/c1-15(22(28)25-14-18-11-17-13-24-10-9-21(17)27-18)26-23(29)16-7-8-20(12-16)30-19-5-3-2-4-6-19/h2-6,9-11,13,15-16,20,27H,7-8,12,14H2,1H3,(H,25,28)(H,26,29)/t15-,16+,20+/m0/s1. The van der Waals surface area contributed by atoms with E-state index < -0.39 is 6.04 Å². The average Bonchev–Trinajstić information content (AvgIpc) is 3.39. The van der Waals surface area contributed by atoms with Crippen LogP contribution in [0.5, 0.6) is 5.75 Å². The van der Waals surface area contributed by atoms with Crippen molar-refractivity contribution in [3.05, 3.63) is 60.6 Å². The third-order valence-electron chi connectivity index (χ3n) is 5.48. The van der Waals surface area contributed by atoms with Gasteiger partial charge in [0.25, 0.3) is 0 Å². The van der Waals surface area contributed by atoms with E-state index in [0.29, 0.717) is 13.0 Å². The van der Waals surface area contributed by atoms with Gasteiger partial charge in [-0.05, 0) is 50.5 Å². The molecule has 1 saturated carbocycles. The maximum absolute atomic E-state index is 12.6. The minimum Gasteiger partial charge on any atom is -0.490 e. The molecule has 156 valence electrons. The van der Waals surface area contributed by atoms with E-state index in [-0.39, 0.29) is 23.8 Å². The minimum absolute atomic E-state index is 0.0313. The molecule has 3 N–H and O–H groups in total. The Bertz CT molecular complexity index is 984. The molecule has 7 nitrogen and oxygen atoms in total. The predicted molar refractivity (Wildman–Crippen MR) is 114 cm³/mol. The molecule has 0 aliphatic heterocycles. The Morgan fingerprint density at radius 1 is 1.23 bits per heavy atom. The Balaban J connectivity index is 1.23. The third-order valence-corrected chi connectivity index (χ3v) is 5.48. The number of fused-ring (bicyclic) bond motifs is 1. The van der Waals surface area contributed by atoms with Crippen LogP contribution in [0.2, 0.25) is 0 Å². The summed E-state index contributed by atoms with van der Waals surface area (Å²) in [6.45, 7) is 2.07. The zero-order valence-corrected chi connectivity index (χ0v) is 16.9. The van der Waals surface area contributed by atoms with Crippen LogP contribution in [0, 0.1) is 5.92 Å². The molecule has 7 heteroatoms. The van der Waals surface area contributed by atoms with E-state index >= 15 is 0 Å². The fraction of sp³-hybridized carbons (Fsp3) is 0.348. The molecule has 0 spiro atoms. The van der Waals surface area contributed by atoms with Crippen molar-refractivity contribution in [2.45, 2.75) is 44.9 Å². The molecule has 1 aliphatic rings. The second-order valence-electron chi connectivity index (χ2n) is 7.77. The molecule has 2 aromatic heterocycles. The van der Waals surface area contributed by atoms with Crippen molar-refractivity contribution < 1.29 is 14.3 Å². The number of hydrogen-bond donors (Lipinski definition) is 3. The maximum Gasteiger partial charge on any atom is 0.242 e. The van der Waals surface area contributed by atoms with Crippen LogP contribution < -0.4 is 15.4 Å². The van der Waals surface area contributed by atoms with Crippen molar-refractivity contribution in [1.82, 2.24) is 20.6 Å². The molecule has 3 aromatic rings. The van der Waals surface area contributed by atoms with Crippen LogP contribution in [0.1, 0.15) is 31.9 Å². The summed E-state index contributed by atoms with van der Waals surface area (Å²) in [5.74, 6) is 0.392. The van der Waals surface area contributed by atoms with Gasteiger partial charge in [-0.3, -0.25) is 14.6 Å². The zero-order chi connectivity index (χ0) is 20.9. The van der Waals surface area contributed by atoms with E-state index in [9.17, 15) is 9.59 Å². The quantitative estimate of drug-likeness (QED) is 0.562. The van der Waals surface area contributed by atoms with Crippen molar-refractivity contribution in [2.24, 2.45) is 5.92 Å². The number of para-hydroxylation sites is 1. The number of aromatic nitrogens is 2. The van der Waals surface area contributed by atoms with Gasteiger partial charge in [0.1, 0.15) is 11.8 Å². The van der Waals surface area contributed by atoms with Gasteiger partial charge in [0.2, 0.25) is 11.8 Å². The SMILES string of the molecule is C[C@H](NC(=O)[C@@H]1CC[C@@H](Oc2ccccc2)C1)C(=O)NCc1cc2cnccc2[nH]1. The summed E-state index contributed by atoms with van der Waals surface area (Å²) in [5.41, 5.74) is 1.87. The van der Waals surface area contributed by atoms with Crippen LogP contribution in [0.15, 0.2) is 54.9 Å². The monoisotopic (exact) mass is 406 g/mol. The summed E-state index contributed by atoms with van der Waals surface area (Å²) in [6, 6.07) is 12.9. The van der Waals surface area contributed by atoms with Gasteiger partial charge < -0.3 is 20.4 Å². The number of carbonyl (C=O) groups excluding carboxylic acids is 2. The number of ether oxygens (including phenoxy) is 1. The molecule has 0 saturated heterocycles. The highest BCUT2D eigenvalue weighted by molar-refractivity contribution is 5.88. The van der Waals surface area contributed by atoms with Crippen LogP contribution in [0.25, 0.3) is 10.9 Å². The first kappa shape index (κ1) is 19.9. The number of H-pyrrole nitrogens is 1. The van der Waals surface area contributed by atoms with Crippen molar-refractivity contribution in [3.63, 3.8) is 0 Å². The van der Waals surface area contributed by atoms with E-state index in [1.165, 1.54) is 0 Å². The molecular weight excluding hydrogens is 380 g/mol. The Labute approximate surface area is 175 Å². The molecule has 0 unspecified atom stereocenters. The fourth-order valence-corrected chi connectivity index (χ4v) is 3.84. The molecule has 2 amide bonds. The van der Waals surface area contributed by atoms with Gasteiger partial charge in [0, 0.05) is 34.9 Å². The van der Waals surface area contributed by atoms with E-state index in [1.54, 1.807) is 19.3 Å². The lowest BCUT2D eigenvalue weighted by atomic mass is 10.1. The van der Waals surface area contributed by atoms with E-state index in [2.05, 4.69) is 20.6 Å². The highest BCUT2D eigenvalue weighted by Gasteiger charge is 2.32. The summed E-state index contributed by atoms with van der Waals surface area (Å²) < 4.78 is 5.95. The number of benzene rings is 1. The molecule has 1 fully saturated rings. The van der Waals surface area contributed by atoms with Crippen LogP contribution >= 0.6 is 0 Å². The van der Waals surface area contributed by atoms with E-state index in [4.69, 9.17) is 4.74 Å². The molecule has 3 atom stereocenters. The largest absolute Gasteiger partial charge is 0.490 e. The lowest BCUT2D eigenvalue weighted by Gasteiger charge is -2.17. The molecule has 30 heavy (non-hydrogen) atoms. The highest BCUT2D eigenvalue weighted by Crippen LogP contribution is 2.29. The molecule has 1 aromatic carbocycles. The fourth-order valence-electron chi connectivity index (χ4n) is 3.84. The second-order valence-corrected chi connectivity index (χ2v) is 7.77. The summed E-state index contributed by atoms with van der Waals surface area (Å²) in [5, 5.41) is 6.71. The number of hydrogen-bond acceptors (Lipinski definition) is 4. The number of carbonyl (C=O) groups is 2. The van der Waals surface area contributed by atoms with E-state index in [1.807, 2.05) is 42.5 Å². The van der Waals surface area contributed by atoms with Gasteiger partial charge in [-0.15, -0.1) is 0 Å². The number of rotatable bonds is 7. The molecule has 4 rings (SSSR count). The minimum atomic E-state index is -0.599. The van der Waals surface area contributed by atoms with Gasteiger partial charge in [0.05, 0.1) is 12.6 Å². The lowest BCUT2D eigenvalue weighted by Crippen LogP contribution is -2.46. The lowest BCUT2D eigenvalue weighted by molar-refractivity contribution is -0.130. The summed E-state index contributed by atoms with van der Waals surface area (Å²) in [4.78, 5) is 32.3. The van der Waals surface area contributed by atoms with Gasteiger partial charge in [-0.2, -0.15) is 0 Å². The smallest absolute Gasteiger partial charge is 0.242 e.